The minimum Gasteiger partial charge on any atom is -0.382 e. The molecule has 0 bridgehead atoms. The lowest BCUT2D eigenvalue weighted by Crippen LogP contribution is -2.17. The van der Waals surface area contributed by atoms with Gasteiger partial charge < -0.3 is 15.0 Å². The van der Waals surface area contributed by atoms with E-state index in [9.17, 15) is 0 Å². The molecule has 74 valence electrons. The molecule has 0 amide bonds. The Morgan fingerprint density at radius 2 is 2.46 bits per heavy atom. The number of rotatable bonds is 5. The number of aryl methyl sites for hydroxylation is 1. The number of ether oxygens (including phenoxy) is 1. The Hall–Kier alpha value is -0.870. The third-order valence-corrected chi connectivity index (χ3v) is 1.97. The van der Waals surface area contributed by atoms with Gasteiger partial charge in [0.1, 0.15) is 5.82 Å². The molecule has 0 aliphatic rings. The Balaban J connectivity index is 2.39. The zero-order chi connectivity index (χ0) is 9.68. The van der Waals surface area contributed by atoms with Crippen molar-refractivity contribution in [1.29, 1.82) is 0 Å². The third kappa shape index (κ3) is 2.82. The van der Waals surface area contributed by atoms with Gasteiger partial charge in [0.25, 0.3) is 0 Å². The van der Waals surface area contributed by atoms with E-state index in [1.54, 1.807) is 6.20 Å². The highest BCUT2D eigenvalue weighted by atomic mass is 16.5. The molecule has 0 saturated carbocycles. The van der Waals surface area contributed by atoms with Crippen molar-refractivity contribution in [1.82, 2.24) is 9.55 Å². The van der Waals surface area contributed by atoms with Crippen molar-refractivity contribution in [2.24, 2.45) is 12.8 Å². The van der Waals surface area contributed by atoms with E-state index in [1.165, 1.54) is 0 Å². The van der Waals surface area contributed by atoms with Crippen molar-refractivity contribution in [3.63, 3.8) is 0 Å². The Labute approximate surface area is 78.7 Å². The molecule has 1 aromatic rings. The second-order valence-electron chi connectivity index (χ2n) is 2.99. The first-order chi connectivity index (χ1) is 6.25. The van der Waals surface area contributed by atoms with Crippen LogP contribution in [0.3, 0.4) is 0 Å². The Morgan fingerprint density at radius 1 is 1.69 bits per heavy atom. The second kappa shape index (κ2) is 4.99. The van der Waals surface area contributed by atoms with Crippen molar-refractivity contribution in [3.8, 4) is 0 Å². The molecule has 1 aromatic heterocycles. The third-order valence-electron chi connectivity index (χ3n) is 1.97. The Morgan fingerprint density at radius 3 is 3.00 bits per heavy atom. The van der Waals surface area contributed by atoms with Gasteiger partial charge in [0.15, 0.2) is 0 Å². The topological polar surface area (TPSA) is 53.1 Å². The van der Waals surface area contributed by atoms with E-state index in [0.29, 0.717) is 6.61 Å². The van der Waals surface area contributed by atoms with Crippen LogP contribution >= 0.6 is 0 Å². The maximum absolute atomic E-state index is 5.92. The van der Waals surface area contributed by atoms with Crippen LogP contribution in [0, 0.1) is 0 Å². The van der Waals surface area contributed by atoms with Gasteiger partial charge in [0.2, 0.25) is 0 Å². The van der Waals surface area contributed by atoms with Crippen LogP contribution in [0.25, 0.3) is 0 Å². The van der Waals surface area contributed by atoms with Crippen LogP contribution in [0.4, 0.5) is 0 Å². The van der Waals surface area contributed by atoms with Crippen molar-refractivity contribution >= 4 is 0 Å². The highest BCUT2D eigenvalue weighted by molar-refractivity contribution is 4.97. The average Bonchev–Trinajstić information content (AvgIpc) is 2.52. The van der Waals surface area contributed by atoms with E-state index in [4.69, 9.17) is 10.5 Å². The molecule has 0 aliphatic carbocycles. The smallest absolute Gasteiger partial charge is 0.125 e. The van der Waals surface area contributed by atoms with E-state index in [1.807, 2.05) is 24.7 Å². The normalized spacial score (nSPS) is 13.2. The average molecular weight is 183 g/mol. The molecular weight excluding hydrogens is 166 g/mol. The van der Waals surface area contributed by atoms with Gasteiger partial charge in [-0.1, -0.05) is 0 Å². The lowest BCUT2D eigenvalue weighted by atomic mass is 10.2. The highest BCUT2D eigenvalue weighted by Gasteiger charge is 2.09. The summed E-state index contributed by atoms with van der Waals surface area (Å²) >= 11 is 0. The molecule has 0 aliphatic heterocycles. The molecule has 0 aromatic carbocycles. The molecule has 2 N–H and O–H groups in total. The summed E-state index contributed by atoms with van der Waals surface area (Å²) < 4.78 is 7.17. The van der Waals surface area contributed by atoms with Gasteiger partial charge in [-0.3, -0.25) is 0 Å². The fourth-order valence-electron chi connectivity index (χ4n) is 1.22. The quantitative estimate of drug-likeness (QED) is 0.688. The summed E-state index contributed by atoms with van der Waals surface area (Å²) in [6.45, 7) is 3.42. The number of imidazole rings is 1. The highest BCUT2D eigenvalue weighted by Crippen LogP contribution is 2.10. The van der Waals surface area contributed by atoms with Crippen LogP contribution in [0.5, 0.6) is 0 Å². The van der Waals surface area contributed by atoms with Gasteiger partial charge in [-0.2, -0.15) is 0 Å². The lowest BCUT2D eigenvalue weighted by Gasteiger charge is -2.10. The minimum absolute atomic E-state index is 0.0217. The number of aromatic nitrogens is 2. The fourth-order valence-corrected chi connectivity index (χ4v) is 1.22. The van der Waals surface area contributed by atoms with E-state index in [0.717, 1.165) is 18.9 Å². The fraction of sp³-hybridized carbons (Fsp3) is 0.667. The van der Waals surface area contributed by atoms with Gasteiger partial charge in [-0.15, -0.1) is 0 Å². The predicted molar refractivity (Wildman–Crippen MR) is 51.2 cm³/mol. The number of hydrogen-bond acceptors (Lipinski definition) is 3. The summed E-state index contributed by atoms with van der Waals surface area (Å²) in [4.78, 5) is 4.18. The van der Waals surface area contributed by atoms with E-state index in [2.05, 4.69) is 4.98 Å². The summed E-state index contributed by atoms with van der Waals surface area (Å²) in [6, 6.07) is -0.0217. The predicted octanol–water partition coefficient (Wildman–Crippen LogP) is 0.847. The van der Waals surface area contributed by atoms with Crippen molar-refractivity contribution in [2.75, 3.05) is 13.2 Å². The van der Waals surface area contributed by atoms with Crippen LogP contribution in [0.15, 0.2) is 12.4 Å². The Kier molecular flexibility index (Phi) is 3.92. The molecule has 1 rings (SSSR count). The number of hydrogen-bond donors (Lipinski definition) is 1. The van der Waals surface area contributed by atoms with Gasteiger partial charge >= 0.3 is 0 Å². The molecule has 1 unspecified atom stereocenters. The van der Waals surface area contributed by atoms with Crippen LogP contribution in [-0.2, 0) is 11.8 Å². The van der Waals surface area contributed by atoms with Gasteiger partial charge in [-0.05, 0) is 13.3 Å². The largest absolute Gasteiger partial charge is 0.382 e. The SMILES string of the molecule is CCOCCC(N)c1nccn1C. The lowest BCUT2D eigenvalue weighted by molar-refractivity contribution is 0.139. The summed E-state index contributed by atoms with van der Waals surface area (Å²) in [6.07, 6.45) is 4.48. The molecule has 0 fully saturated rings. The molecule has 1 heterocycles. The van der Waals surface area contributed by atoms with Crippen LogP contribution in [-0.4, -0.2) is 22.8 Å². The van der Waals surface area contributed by atoms with Crippen LogP contribution < -0.4 is 5.73 Å². The maximum atomic E-state index is 5.92. The van der Waals surface area contributed by atoms with Gasteiger partial charge in [0.05, 0.1) is 6.04 Å². The molecule has 13 heavy (non-hydrogen) atoms. The van der Waals surface area contributed by atoms with E-state index in [-0.39, 0.29) is 6.04 Å². The summed E-state index contributed by atoms with van der Waals surface area (Å²) in [7, 11) is 1.95. The first-order valence-corrected chi connectivity index (χ1v) is 4.56. The zero-order valence-electron chi connectivity index (χ0n) is 8.23. The molecule has 1 atom stereocenters. The van der Waals surface area contributed by atoms with Crippen molar-refractivity contribution in [2.45, 2.75) is 19.4 Å². The molecule has 4 nitrogen and oxygen atoms in total. The summed E-state index contributed by atoms with van der Waals surface area (Å²) in [5, 5.41) is 0. The van der Waals surface area contributed by atoms with Crippen LogP contribution in [0.1, 0.15) is 25.2 Å². The minimum atomic E-state index is -0.0217. The van der Waals surface area contributed by atoms with E-state index >= 15 is 0 Å². The monoisotopic (exact) mass is 183 g/mol. The molecular formula is C9H17N3O. The number of nitrogens with zero attached hydrogens (tertiary/aromatic N) is 2. The first-order valence-electron chi connectivity index (χ1n) is 4.56. The number of nitrogens with two attached hydrogens (primary N) is 1. The first kappa shape index (κ1) is 10.2. The van der Waals surface area contributed by atoms with Crippen molar-refractivity contribution in [3.05, 3.63) is 18.2 Å². The molecule has 0 saturated heterocycles. The molecule has 0 spiro atoms. The second-order valence-corrected chi connectivity index (χ2v) is 2.99. The summed E-state index contributed by atoms with van der Waals surface area (Å²) in [5.74, 6) is 0.916. The van der Waals surface area contributed by atoms with Gasteiger partial charge in [-0.25, -0.2) is 4.98 Å². The molecule has 4 heteroatoms. The zero-order valence-corrected chi connectivity index (χ0v) is 8.23. The van der Waals surface area contributed by atoms with Crippen LogP contribution in [0.2, 0.25) is 0 Å². The Bertz CT molecular complexity index is 247. The van der Waals surface area contributed by atoms with Crippen molar-refractivity contribution < 1.29 is 4.74 Å². The van der Waals surface area contributed by atoms with Gasteiger partial charge in [0, 0.05) is 32.7 Å². The molecule has 0 radical (unpaired) electrons. The maximum Gasteiger partial charge on any atom is 0.125 e. The standard InChI is InChI=1S/C9H17N3O/c1-3-13-7-4-8(10)9-11-5-6-12(9)2/h5-6,8H,3-4,7,10H2,1-2H3. The van der Waals surface area contributed by atoms with E-state index < -0.39 is 0 Å². The summed E-state index contributed by atoms with van der Waals surface area (Å²) in [5.41, 5.74) is 5.92.